The Balaban J connectivity index is 1.59. The molecule has 0 aliphatic heterocycles. The topological polar surface area (TPSA) is 34.4 Å². The summed E-state index contributed by atoms with van der Waals surface area (Å²) in [5.74, 6) is 0.0122. The summed E-state index contributed by atoms with van der Waals surface area (Å²) in [5, 5.41) is 0. The van der Waals surface area contributed by atoms with Crippen LogP contribution in [0.3, 0.4) is 0 Å². The van der Waals surface area contributed by atoms with Crippen LogP contribution in [0.4, 0.5) is 8.78 Å². The van der Waals surface area contributed by atoms with E-state index in [2.05, 4.69) is 4.99 Å². The fourth-order valence-electron chi connectivity index (χ4n) is 2.32. The quantitative estimate of drug-likeness (QED) is 0.483. The van der Waals surface area contributed by atoms with E-state index >= 15 is 0 Å². The van der Waals surface area contributed by atoms with Crippen molar-refractivity contribution in [3.63, 3.8) is 0 Å². The van der Waals surface area contributed by atoms with E-state index < -0.39 is 0 Å². The number of benzene rings is 2. The van der Waals surface area contributed by atoms with Crippen LogP contribution in [-0.4, -0.2) is 16.2 Å². The molecule has 0 radical (unpaired) electrons. The third-order valence-corrected chi connectivity index (χ3v) is 5.80. The summed E-state index contributed by atoms with van der Waals surface area (Å²) in [6.07, 6.45) is 1.03. The number of aryl methyl sites for hydroxylation is 1. The van der Waals surface area contributed by atoms with Crippen molar-refractivity contribution in [2.24, 2.45) is 12.0 Å². The van der Waals surface area contributed by atoms with Crippen molar-refractivity contribution in [2.45, 2.75) is 17.7 Å². The molecule has 7 heteroatoms. The van der Waals surface area contributed by atoms with Gasteiger partial charge in [-0.05, 0) is 54.6 Å². The molecular weight excluding hydrogens is 362 g/mol. The predicted molar refractivity (Wildman–Crippen MR) is 97.7 cm³/mol. The van der Waals surface area contributed by atoms with E-state index in [1.165, 1.54) is 35.6 Å². The number of carbonyl (C=O) groups excluding carboxylic acids is 1. The van der Waals surface area contributed by atoms with Crippen LogP contribution in [0, 0.1) is 11.6 Å². The molecule has 1 aromatic heterocycles. The number of nitrogens with zero attached hydrogens (tertiary/aromatic N) is 2. The summed E-state index contributed by atoms with van der Waals surface area (Å²) in [5.41, 5.74) is 0.852. The Hall–Kier alpha value is -1.99. The van der Waals surface area contributed by atoms with Gasteiger partial charge in [0, 0.05) is 18.4 Å². The first kappa shape index (κ1) is 17.8. The highest BCUT2D eigenvalue weighted by Crippen LogP contribution is 2.20. The lowest BCUT2D eigenvalue weighted by atomic mass is 10.3. The Kier molecular flexibility index (Phi) is 5.65. The van der Waals surface area contributed by atoms with Gasteiger partial charge >= 0.3 is 0 Å². The van der Waals surface area contributed by atoms with Gasteiger partial charge in [0.2, 0.25) is 5.91 Å². The van der Waals surface area contributed by atoms with Crippen LogP contribution >= 0.6 is 23.1 Å². The van der Waals surface area contributed by atoms with E-state index in [4.69, 9.17) is 0 Å². The number of aromatic nitrogens is 1. The van der Waals surface area contributed by atoms with Gasteiger partial charge in [0.1, 0.15) is 11.6 Å². The van der Waals surface area contributed by atoms with Gasteiger partial charge in [0.15, 0.2) is 4.80 Å². The van der Waals surface area contributed by atoms with E-state index in [-0.39, 0.29) is 17.5 Å². The van der Waals surface area contributed by atoms with Crippen LogP contribution in [0.15, 0.2) is 52.4 Å². The van der Waals surface area contributed by atoms with Crippen LogP contribution in [0.1, 0.15) is 12.8 Å². The van der Waals surface area contributed by atoms with Crippen LogP contribution < -0.4 is 4.80 Å². The molecule has 3 aromatic rings. The molecule has 3 rings (SSSR count). The van der Waals surface area contributed by atoms with Gasteiger partial charge in [-0.15, -0.1) is 11.8 Å². The first-order valence-electron chi connectivity index (χ1n) is 7.74. The molecular formula is C18H16F2N2OS2. The predicted octanol–water partition coefficient (Wildman–Crippen LogP) is 4.52. The lowest BCUT2D eigenvalue weighted by Crippen LogP contribution is -2.13. The largest absolute Gasteiger partial charge is 0.319 e. The fraction of sp³-hybridized carbons (Fsp3) is 0.222. The Morgan fingerprint density at radius 2 is 1.88 bits per heavy atom. The highest BCUT2D eigenvalue weighted by Gasteiger charge is 2.06. The average Bonchev–Trinajstić information content (AvgIpc) is 2.88. The van der Waals surface area contributed by atoms with Crippen LogP contribution in [-0.2, 0) is 11.8 Å². The fourth-order valence-corrected chi connectivity index (χ4v) is 4.23. The summed E-state index contributed by atoms with van der Waals surface area (Å²) in [7, 11) is 1.81. The van der Waals surface area contributed by atoms with Crippen molar-refractivity contribution in [1.82, 2.24) is 4.57 Å². The zero-order valence-corrected chi connectivity index (χ0v) is 15.2. The smallest absolute Gasteiger partial charge is 0.248 e. The van der Waals surface area contributed by atoms with Crippen molar-refractivity contribution in [2.75, 3.05) is 5.75 Å². The third kappa shape index (κ3) is 4.55. The molecule has 0 aliphatic rings. The Morgan fingerprint density at radius 1 is 1.16 bits per heavy atom. The zero-order chi connectivity index (χ0) is 17.8. The summed E-state index contributed by atoms with van der Waals surface area (Å²) in [4.78, 5) is 17.7. The molecule has 0 saturated carbocycles. The molecule has 1 heterocycles. The maximum atomic E-state index is 13.3. The SMILES string of the molecule is Cn1c(=NC(=O)CCCSc2ccc(F)cc2)sc2cc(F)ccc21. The van der Waals surface area contributed by atoms with Crippen molar-refractivity contribution in [1.29, 1.82) is 0 Å². The first-order valence-corrected chi connectivity index (χ1v) is 9.54. The van der Waals surface area contributed by atoms with E-state index in [0.29, 0.717) is 17.6 Å². The summed E-state index contributed by atoms with van der Waals surface area (Å²) in [6, 6.07) is 10.8. The minimum Gasteiger partial charge on any atom is -0.319 e. The zero-order valence-electron chi connectivity index (χ0n) is 13.5. The molecule has 130 valence electrons. The maximum Gasteiger partial charge on any atom is 0.248 e. The number of thiazole rings is 1. The second kappa shape index (κ2) is 7.93. The highest BCUT2D eigenvalue weighted by molar-refractivity contribution is 7.99. The Labute approximate surface area is 152 Å². The minimum atomic E-state index is -0.301. The molecule has 0 N–H and O–H groups in total. The second-order valence-electron chi connectivity index (χ2n) is 5.47. The van der Waals surface area contributed by atoms with Gasteiger partial charge in [-0.25, -0.2) is 8.78 Å². The lowest BCUT2D eigenvalue weighted by Gasteiger charge is -2.00. The molecule has 0 unspecified atom stereocenters. The molecule has 0 spiro atoms. The third-order valence-electron chi connectivity index (χ3n) is 3.61. The lowest BCUT2D eigenvalue weighted by molar-refractivity contribution is -0.118. The molecule has 0 atom stereocenters. The maximum absolute atomic E-state index is 13.3. The summed E-state index contributed by atoms with van der Waals surface area (Å²) in [6.45, 7) is 0. The number of carbonyl (C=O) groups is 1. The van der Waals surface area contributed by atoms with Crippen molar-refractivity contribution >= 4 is 39.2 Å². The highest BCUT2D eigenvalue weighted by atomic mass is 32.2. The summed E-state index contributed by atoms with van der Waals surface area (Å²) < 4.78 is 28.7. The minimum absolute atomic E-state index is 0.192. The van der Waals surface area contributed by atoms with Crippen LogP contribution in [0.2, 0.25) is 0 Å². The van der Waals surface area contributed by atoms with Crippen LogP contribution in [0.25, 0.3) is 10.2 Å². The van der Waals surface area contributed by atoms with E-state index in [1.807, 2.05) is 7.05 Å². The van der Waals surface area contributed by atoms with E-state index in [1.54, 1.807) is 34.5 Å². The van der Waals surface area contributed by atoms with Gasteiger partial charge in [-0.3, -0.25) is 4.79 Å². The van der Waals surface area contributed by atoms with E-state index in [9.17, 15) is 13.6 Å². The van der Waals surface area contributed by atoms with Crippen molar-refractivity contribution in [3.05, 3.63) is 58.9 Å². The Morgan fingerprint density at radius 3 is 2.64 bits per heavy atom. The molecule has 0 bridgehead atoms. The average molecular weight is 378 g/mol. The monoisotopic (exact) mass is 378 g/mol. The van der Waals surface area contributed by atoms with Gasteiger partial charge in [0.25, 0.3) is 0 Å². The molecule has 0 saturated heterocycles. The number of hydrogen-bond acceptors (Lipinski definition) is 3. The van der Waals surface area contributed by atoms with E-state index in [0.717, 1.165) is 20.9 Å². The van der Waals surface area contributed by atoms with Crippen LogP contribution in [0.5, 0.6) is 0 Å². The standard InChI is InChI=1S/C18H16F2N2OS2/c1-22-15-9-6-13(20)11-16(15)25-18(22)21-17(23)3-2-10-24-14-7-4-12(19)5-8-14/h4-9,11H,2-3,10H2,1H3. The number of amides is 1. The van der Waals surface area contributed by atoms with Crippen molar-refractivity contribution in [3.8, 4) is 0 Å². The van der Waals surface area contributed by atoms with Crippen molar-refractivity contribution < 1.29 is 13.6 Å². The normalized spacial score (nSPS) is 12.0. The van der Waals surface area contributed by atoms with Gasteiger partial charge in [-0.2, -0.15) is 4.99 Å². The number of rotatable bonds is 5. The molecule has 0 fully saturated rings. The molecule has 25 heavy (non-hydrogen) atoms. The molecule has 1 amide bonds. The van der Waals surface area contributed by atoms with Gasteiger partial charge < -0.3 is 4.57 Å². The Bertz CT molecular complexity index is 961. The van der Waals surface area contributed by atoms with Gasteiger partial charge in [-0.1, -0.05) is 11.3 Å². The number of fused-ring (bicyclic) bond motifs is 1. The van der Waals surface area contributed by atoms with Gasteiger partial charge in [0.05, 0.1) is 10.2 Å². The summed E-state index contributed by atoms with van der Waals surface area (Å²) >= 11 is 2.88. The molecule has 2 aromatic carbocycles. The number of hydrogen-bond donors (Lipinski definition) is 0. The second-order valence-corrected chi connectivity index (χ2v) is 7.64. The first-order chi connectivity index (χ1) is 12.0. The number of thioether (sulfide) groups is 1. The molecule has 0 aliphatic carbocycles. The number of halogens is 2. The molecule has 3 nitrogen and oxygen atoms in total.